The van der Waals surface area contributed by atoms with E-state index in [2.05, 4.69) is 0 Å². The molecule has 2 aromatic carbocycles. The Morgan fingerprint density at radius 2 is 1.57 bits per heavy atom. The normalized spacial score (nSPS) is 11.7. The van der Waals surface area contributed by atoms with Crippen molar-refractivity contribution < 1.29 is 22.6 Å². The predicted octanol–water partition coefficient (Wildman–Crippen LogP) is 4.98. The zero-order chi connectivity index (χ0) is 16.9. The van der Waals surface area contributed by atoms with Gasteiger partial charge < -0.3 is 9.47 Å². The number of ether oxygens (including phenoxy) is 2. The van der Waals surface area contributed by atoms with Crippen LogP contribution >= 0.6 is 0 Å². The first-order valence-electron chi connectivity index (χ1n) is 6.98. The second-order valence-corrected chi connectivity index (χ2v) is 4.91. The van der Waals surface area contributed by atoms with Gasteiger partial charge in [0.1, 0.15) is 11.5 Å². The van der Waals surface area contributed by atoms with Crippen LogP contribution in [0.2, 0.25) is 0 Å². The predicted molar refractivity (Wildman–Crippen MR) is 83.7 cm³/mol. The number of halogens is 3. The molecule has 23 heavy (non-hydrogen) atoms. The molecule has 0 aliphatic heterocycles. The number of alkyl halides is 3. The lowest BCUT2D eigenvalue weighted by atomic mass is 10.0. The zero-order valence-corrected chi connectivity index (χ0v) is 12.9. The average Bonchev–Trinajstić information content (AvgIpc) is 2.54. The Hall–Kier alpha value is -2.43. The monoisotopic (exact) mass is 322 g/mol. The van der Waals surface area contributed by atoms with Gasteiger partial charge in [0.25, 0.3) is 0 Å². The molecule has 2 aromatic rings. The summed E-state index contributed by atoms with van der Waals surface area (Å²) in [5, 5.41) is 0. The van der Waals surface area contributed by atoms with Crippen LogP contribution in [-0.2, 0) is 12.6 Å². The molecule has 0 saturated heterocycles. The second kappa shape index (κ2) is 7.22. The lowest BCUT2D eigenvalue weighted by Crippen LogP contribution is -2.06. The summed E-state index contributed by atoms with van der Waals surface area (Å²) in [7, 11) is 3.10. The van der Waals surface area contributed by atoms with Crippen molar-refractivity contribution in [3.8, 4) is 11.5 Å². The fourth-order valence-corrected chi connectivity index (χ4v) is 2.21. The largest absolute Gasteiger partial charge is 0.497 e. The molecule has 0 unspecified atom stereocenters. The van der Waals surface area contributed by atoms with Crippen molar-refractivity contribution in [2.24, 2.45) is 0 Å². The van der Waals surface area contributed by atoms with Crippen molar-refractivity contribution in [3.05, 3.63) is 65.2 Å². The van der Waals surface area contributed by atoms with Crippen molar-refractivity contribution in [2.45, 2.75) is 12.6 Å². The van der Waals surface area contributed by atoms with Crippen molar-refractivity contribution in [1.29, 1.82) is 0 Å². The minimum absolute atomic E-state index is 0.148. The number of hydrogen-bond donors (Lipinski definition) is 0. The smallest absolute Gasteiger partial charge is 0.416 e. The molecule has 0 amide bonds. The standard InChI is InChI=1S/C18H17F3O2/c1-22-15-10-13(11-16(12-15)23-2)6-5-8-14-7-3-4-9-17(14)18(19,20)21/h3-5,7-12H,6H2,1-2H3/b8-5+. The van der Waals surface area contributed by atoms with E-state index in [9.17, 15) is 13.2 Å². The van der Waals surface area contributed by atoms with Crippen LogP contribution in [0.15, 0.2) is 48.5 Å². The molecule has 2 rings (SSSR count). The Kier molecular flexibility index (Phi) is 5.32. The molecule has 5 heteroatoms. The maximum Gasteiger partial charge on any atom is 0.416 e. The number of methoxy groups -OCH3 is 2. The molecule has 0 aromatic heterocycles. The summed E-state index contributed by atoms with van der Waals surface area (Å²) in [4.78, 5) is 0. The van der Waals surface area contributed by atoms with Crippen LogP contribution in [0.25, 0.3) is 6.08 Å². The highest BCUT2D eigenvalue weighted by atomic mass is 19.4. The van der Waals surface area contributed by atoms with Gasteiger partial charge >= 0.3 is 6.18 Å². The van der Waals surface area contributed by atoms with E-state index >= 15 is 0 Å². The Bertz CT molecular complexity index is 669. The molecule has 2 nitrogen and oxygen atoms in total. The highest BCUT2D eigenvalue weighted by Gasteiger charge is 2.32. The molecule has 0 heterocycles. The highest BCUT2D eigenvalue weighted by Crippen LogP contribution is 2.32. The number of rotatable bonds is 5. The second-order valence-electron chi connectivity index (χ2n) is 4.91. The van der Waals surface area contributed by atoms with Crippen LogP contribution in [-0.4, -0.2) is 14.2 Å². The molecule has 0 fully saturated rings. The van der Waals surface area contributed by atoms with Gasteiger partial charge in [-0.2, -0.15) is 13.2 Å². The SMILES string of the molecule is COc1cc(C/C=C/c2ccccc2C(F)(F)F)cc(OC)c1. The minimum Gasteiger partial charge on any atom is -0.497 e. The van der Waals surface area contributed by atoms with E-state index in [0.717, 1.165) is 11.6 Å². The fraction of sp³-hybridized carbons (Fsp3) is 0.222. The quantitative estimate of drug-likeness (QED) is 0.773. The summed E-state index contributed by atoms with van der Waals surface area (Å²) >= 11 is 0. The molecule has 0 spiro atoms. The van der Waals surface area contributed by atoms with Gasteiger partial charge in [0.05, 0.1) is 19.8 Å². The van der Waals surface area contributed by atoms with Crippen molar-refractivity contribution in [3.63, 3.8) is 0 Å². The molecule has 0 radical (unpaired) electrons. The van der Waals surface area contributed by atoms with Gasteiger partial charge in [-0.1, -0.05) is 30.4 Å². The minimum atomic E-state index is -4.36. The van der Waals surface area contributed by atoms with Gasteiger partial charge in [0.15, 0.2) is 0 Å². The molecule has 122 valence electrons. The maximum atomic E-state index is 12.9. The molecule has 0 N–H and O–H groups in total. The zero-order valence-electron chi connectivity index (χ0n) is 12.9. The molecular formula is C18H17F3O2. The third-order valence-electron chi connectivity index (χ3n) is 3.33. The molecule has 0 bridgehead atoms. The van der Waals surface area contributed by atoms with Crippen molar-refractivity contribution >= 4 is 6.08 Å². The van der Waals surface area contributed by atoms with Crippen molar-refractivity contribution in [1.82, 2.24) is 0 Å². The number of hydrogen-bond acceptors (Lipinski definition) is 2. The maximum absolute atomic E-state index is 12.9. The van der Waals surface area contributed by atoms with Gasteiger partial charge in [-0.05, 0) is 35.7 Å². The Balaban J connectivity index is 2.20. The summed E-state index contributed by atoms with van der Waals surface area (Å²) in [6, 6.07) is 10.9. The van der Waals surface area contributed by atoms with Crippen LogP contribution in [0.4, 0.5) is 13.2 Å². The topological polar surface area (TPSA) is 18.5 Å². The molecule has 0 aliphatic carbocycles. The van der Waals surface area contributed by atoms with E-state index in [-0.39, 0.29) is 5.56 Å². The third-order valence-corrected chi connectivity index (χ3v) is 3.33. The summed E-state index contributed by atoms with van der Waals surface area (Å²) < 4.78 is 49.1. The molecule has 0 saturated carbocycles. The van der Waals surface area contributed by atoms with Crippen LogP contribution in [0, 0.1) is 0 Å². The van der Waals surface area contributed by atoms with E-state index in [1.54, 1.807) is 32.4 Å². The lowest BCUT2D eigenvalue weighted by molar-refractivity contribution is -0.137. The van der Waals surface area contributed by atoms with Gasteiger partial charge in [0, 0.05) is 6.07 Å². The van der Waals surface area contributed by atoms with Crippen LogP contribution < -0.4 is 9.47 Å². The summed E-state index contributed by atoms with van der Waals surface area (Å²) in [5.74, 6) is 1.28. The average molecular weight is 322 g/mol. The van der Waals surface area contributed by atoms with E-state index in [1.807, 2.05) is 12.1 Å². The first kappa shape index (κ1) is 16.9. The van der Waals surface area contributed by atoms with E-state index in [4.69, 9.17) is 9.47 Å². The van der Waals surface area contributed by atoms with Gasteiger partial charge in [0.2, 0.25) is 0 Å². The summed E-state index contributed by atoms with van der Waals surface area (Å²) in [6.45, 7) is 0. The van der Waals surface area contributed by atoms with Crippen LogP contribution in [0.3, 0.4) is 0 Å². The van der Waals surface area contributed by atoms with E-state index in [1.165, 1.54) is 18.2 Å². The van der Waals surface area contributed by atoms with Gasteiger partial charge in [-0.3, -0.25) is 0 Å². The van der Waals surface area contributed by atoms with E-state index in [0.29, 0.717) is 17.9 Å². The Morgan fingerprint density at radius 3 is 2.13 bits per heavy atom. The first-order chi connectivity index (χ1) is 10.9. The first-order valence-corrected chi connectivity index (χ1v) is 6.98. The lowest BCUT2D eigenvalue weighted by Gasteiger charge is -2.10. The van der Waals surface area contributed by atoms with Crippen LogP contribution in [0.1, 0.15) is 16.7 Å². The molecule has 0 aliphatic rings. The van der Waals surface area contributed by atoms with E-state index < -0.39 is 11.7 Å². The van der Waals surface area contributed by atoms with Crippen LogP contribution in [0.5, 0.6) is 11.5 Å². The summed E-state index contributed by atoms with van der Waals surface area (Å²) in [5.41, 5.74) is 0.399. The van der Waals surface area contributed by atoms with Gasteiger partial charge in [-0.15, -0.1) is 0 Å². The number of allylic oxidation sites excluding steroid dienone is 1. The Labute approximate surface area is 133 Å². The molecule has 0 atom stereocenters. The van der Waals surface area contributed by atoms with Crippen molar-refractivity contribution in [2.75, 3.05) is 14.2 Å². The highest BCUT2D eigenvalue weighted by molar-refractivity contribution is 5.55. The van der Waals surface area contributed by atoms with Gasteiger partial charge in [-0.25, -0.2) is 0 Å². The summed E-state index contributed by atoms with van der Waals surface area (Å²) in [6.07, 6.45) is -0.715. The third kappa shape index (κ3) is 4.52. The molecular weight excluding hydrogens is 305 g/mol. The fourth-order valence-electron chi connectivity index (χ4n) is 2.21. The Morgan fingerprint density at radius 1 is 0.957 bits per heavy atom. The number of benzene rings is 2.